The van der Waals surface area contributed by atoms with Gasteiger partial charge < -0.3 is 10.2 Å². The van der Waals surface area contributed by atoms with E-state index in [0.717, 1.165) is 44.7 Å². The summed E-state index contributed by atoms with van der Waals surface area (Å²) in [5.74, 6) is 0.598. The zero-order valence-corrected chi connectivity index (χ0v) is 18.8. The van der Waals surface area contributed by atoms with E-state index >= 15 is 0 Å². The highest BCUT2D eigenvalue weighted by molar-refractivity contribution is 6.05. The van der Waals surface area contributed by atoms with Crippen LogP contribution in [0.15, 0.2) is 66.7 Å². The highest BCUT2D eigenvalue weighted by atomic mass is 16.1. The highest BCUT2D eigenvalue weighted by Gasteiger charge is 2.35. The Balaban J connectivity index is 1.53. The highest BCUT2D eigenvalue weighted by Crippen LogP contribution is 2.44. The minimum absolute atomic E-state index is 0.0107. The monoisotopic (exact) mass is 445 g/mol. The molecule has 4 aromatic rings. The Hall–Kier alpha value is -4.24. The molecule has 1 aromatic heterocycles. The van der Waals surface area contributed by atoms with Crippen molar-refractivity contribution in [3.63, 3.8) is 0 Å². The van der Waals surface area contributed by atoms with Crippen molar-refractivity contribution in [2.75, 3.05) is 10.2 Å². The van der Waals surface area contributed by atoms with Crippen LogP contribution in [0.4, 0.5) is 17.1 Å². The maximum Gasteiger partial charge on any atom is 0.228 e. The molecule has 1 unspecified atom stereocenters. The van der Waals surface area contributed by atoms with E-state index in [1.54, 1.807) is 0 Å². The van der Waals surface area contributed by atoms with Crippen molar-refractivity contribution in [1.29, 1.82) is 5.26 Å². The summed E-state index contributed by atoms with van der Waals surface area (Å²) < 4.78 is 0. The number of carbonyl (C=O) groups excluding carboxylic acids is 1. The largest absolute Gasteiger partial charge is 0.335 e. The maximum atomic E-state index is 12.0. The van der Waals surface area contributed by atoms with E-state index in [0.29, 0.717) is 18.0 Å². The first-order valence-corrected chi connectivity index (χ1v) is 11.6. The third-order valence-corrected chi connectivity index (χ3v) is 6.90. The molecule has 0 radical (unpaired) electrons. The third kappa shape index (κ3) is 3.37. The number of nitrogens with one attached hydrogen (secondary N) is 1. The van der Waals surface area contributed by atoms with Crippen LogP contribution in [-0.2, 0) is 11.2 Å². The summed E-state index contributed by atoms with van der Waals surface area (Å²) >= 11 is 0. The first-order valence-electron chi connectivity index (χ1n) is 11.6. The lowest BCUT2D eigenvalue weighted by molar-refractivity contribution is -0.115. The van der Waals surface area contributed by atoms with Crippen LogP contribution < -0.4 is 10.2 Å². The van der Waals surface area contributed by atoms with Crippen molar-refractivity contribution in [2.45, 2.75) is 32.2 Å². The van der Waals surface area contributed by atoms with Crippen LogP contribution in [0.3, 0.4) is 0 Å². The molecular weight excluding hydrogens is 422 g/mol. The molecule has 2 heterocycles. The minimum atomic E-state index is 0.0107. The van der Waals surface area contributed by atoms with Gasteiger partial charge in [0.2, 0.25) is 5.91 Å². The van der Waals surface area contributed by atoms with Gasteiger partial charge in [0, 0.05) is 22.7 Å². The van der Waals surface area contributed by atoms with Gasteiger partial charge in [0.15, 0.2) is 5.69 Å². The average Bonchev–Trinajstić information content (AvgIpc) is 3.64. The smallest absolute Gasteiger partial charge is 0.228 e. The van der Waals surface area contributed by atoms with Crippen molar-refractivity contribution < 1.29 is 4.79 Å². The van der Waals surface area contributed by atoms with Gasteiger partial charge in [-0.3, -0.25) is 4.79 Å². The quantitative estimate of drug-likeness (QED) is 0.432. The van der Waals surface area contributed by atoms with Crippen LogP contribution in [0.5, 0.6) is 0 Å². The van der Waals surface area contributed by atoms with E-state index in [1.807, 2.05) is 54.6 Å². The van der Waals surface area contributed by atoms with Crippen LogP contribution in [0.1, 0.15) is 31.0 Å². The number of benzene rings is 3. The van der Waals surface area contributed by atoms with Crippen molar-refractivity contribution in [3.8, 4) is 17.2 Å². The molecule has 1 N–H and O–H groups in total. The number of hydrogen-bond acceptors (Lipinski definition) is 5. The molecule has 6 heteroatoms. The summed E-state index contributed by atoms with van der Waals surface area (Å²) in [7, 11) is 0. The van der Waals surface area contributed by atoms with Gasteiger partial charge in [-0.15, -0.1) is 10.2 Å². The topological polar surface area (TPSA) is 81.9 Å². The summed E-state index contributed by atoms with van der Waals surface area (Å²) in [6.45, 7) is 2.22. The first kappa shape index (κ1) is 20.4. The molecule has 6 nitrogen and oxygen atoms in total. The molecular formula is C28H23N5O. The maximum absolute atomic E-state index is 12.0. The number of fused-ring (bicyclic) bond motifs is 2. The fourth-order valence-electron chi connectivity index (χ4n) is 5.02. The van der Waals surface area contributed by atoms with Crippen LogP contribution in [0.2, 0.25) is 0 Å². The van der Waals surface area contributed by atoms with E-state index < -0.39 is 0 Å². The molecule has 166 valence electrons. The minimum Gasteiger partial charge on any atom is -0.335 e. The number of para-hydroxylation sites is 2. The molecule has 34 heavy (non-hydrogen) atoms. The van der Waals surface area contributed by atoms with E-state index in [9.17, 15) is 10.1 Å². The van der Waals surface area contributed by atoms with E-state index in [-0.39, 0.29) is 11.9 Å². The predicted molar refractivity (Wildman–Crippen MR) is 133 cm³/mol. The Labute approximate surface area is 197 Å². The summed E-state index contributed by atoms with van der Waals surface area (Å²) in [5.41, 5.74) is 6.67. The standard InChI is InChI=1S/C28H23N5O/c1-17(18-10-11-18)33(21-7-3-2-4-8-21)28-23-13-12-19(14-24(23)31-32-25(28)16-29)22-9-5-6-20-15-26(34)30-27(20)22/h2-9,12-14,17-18H,10-11,15H2,1H3,(H,30,34). The molecule has 2 aliphatic rings. The number of amides is 1. The Morgan fingerprint density at radius 3 is 2.65 bits per heavy atom. The first-order chi connectivity index (χ1) is 16.6. The van der Waals surface area contributed by atoms with E-state index in [1.165, 1.54) is 12.8 Å². The zero-order chi connectivity index (χ0) is 23.2. The van der Waals surface area contributed by atoms with E-state index in [2.05, 4.69) is 45.5 Å². The number of aromatic nitrogens is 2. The van der Waals surface area contributed by atoms with Crippen LogP contribution in [0.25, 0.3) is 22.0 Å². The second-order valence-electron chi connectivity index (χ2n) is 9.09. The average molecular weight is 446 g/mol. The number of anilines is 3. The summed E-state index contributed by atoms with van der Waals surface area (Å²) in [6, 6.07) is 24.7. The van der Waals surface area contributed by atoms with Crippen molar-refractivity contribution in [2.24, 2.45) is 5.92 Å². The Kier molecular flexibility index (Phi) is 4.77. The van der Waals surface area contributed by atoms with Gasteiger partial charge in [-0.25, -0.2) is 0 Å². The molecule has 0 saturated heterocycles. The lowest BCUT2D eigenvalue weighted by Gasteiger charge is -2.32. The predicted octanol–water partition coefficient (Wildman–Crippen LogP) is 5.60. The molecule has 1 aliphatic heterocycles. The zero-order valence-electron chi connectivity index (χ0n) is 18.8. The second kappa shape index (κ2) is 7.96. The summed E-state index contributed by atoms with van der Waals surface area (Å²) in [4.78, 5) is 14.2. The molecule has 1 amide bonds. The van der Waals surface area contributed by atoms with Crippen molar-refractivity contribution in [1.82, 2.24) is 10.2 Å². The molecule has 0 spiro atoms. The Morgan fingerprint density at radius 1 is 1.06 bits per heavy atom. The van der Waals surface area contributed by atoms with Gasteiger partial charge in [0.05, 0.1) is 23.3 Å². The Morgan fingerprint density at radius 2 is 1.88 bits per heavy atom. The van der Waals surface area contributed by atoms with Crippen LogP contribution in [0, 0.1) is 17.2 Å². The number of carbonyl (C=O) groups is 1. The van der Waals surface area contributed by atoms with Crippen LogP contribution >= 0.6 is 0 Å². The Bertz CT molecular complexity index is 1470. The van der Waals surface area contributed by atoms with Gasteiger partial charge >= 0.3 is 0 Å². The van der Waals surface area contributed by atoms with Gasteiger partial charge in [-0.05, 0) is 61.1 Å². The molecule has 1 saturated carbocycles. The molecule has 3 aromatic carbocycles. The second-order valence-corrected chi connectivity index (χ2v) is 9.09. The normalized spacial score (nSPS) is 15.5. The number of nitrogens with zero attached hydrogens (tertiary/aromatic N) is 4. The summed E-state index contributed by atoms with van der Waals surface area (Å²) in [5, 5.41) is 22.6. The molecule has 6 rings (SSSR count). The van der Waals surface area contributed by atoms with Crippen molar-refractivity contribution in [3.05, 3.63) is 78.0 Å². The third-order valence-electron chi connectivity index (χ3n) is 6.90. The number of rotatable bonds is 5. The van der Waals surface area contributed by atoms with Gasteiger partial charge in [-0.2, -0.15) is 5.26 Å². The number of nitriles is 1. The molecule has 0 bridgehead atoms. The summed E-state index contributed by atoms with van der Waals surface area (Å²) in [6.07, 6.45) is 2.78. The SMILES string of the molecule is CC(C1CC1)N(c1ccccc1)c1c(C#N)nnc2cc(-c3cccc4c3NC(=O)C4)ccc12. The van der Waals surface area contributed by atoms with Gasteiger partial charge in [0.25, 0.3) is 0 Å². The lowest BCUT2D eigenvalue weighted by atomic mass is 9.98. The van der Waals surface area contributed by atoms with Crippen LogP contribution in [-0.4, -0.2) is 22.1 Å². The van der Waals surface area contributed by atoms with E-state index in [4.69, 9.17) is 0 Å². The molecule has 1 aliphatic carbocycles. The van der Waals surface area contributed by atoms with Crippen molar-refractivity contribution >= 4 is 33.9 Å². The fraction of sp³-hybridized carbons (Fsp3) is 0.214. The van der Waals surface area contributed by atoms with Gasteiger partial charge in [0.1, 0.15) is 6.07 Å². The van der Waals surface area contributed by atoms with Gasteiger partial charge in [-0.1, -0.05) is 42.5 Å². The molecule has 1 atom stereocenters. The number of hydrogen-bond donors (Lipinski definition) is 1. The molecule has 1 fully saturated rings. The fourth-order valence-corrected chi connectivity index (χ4v) is 5.02. The lowest BCUT2D eigenvalue weighted by Crippen LogP contribution is -2.31.